The predicted molar refractivity (Wildman–Crippen MR) is 79.5 cm³/mol. The number of likely N-dealkylation sites (tertiary alicyclic amines) is 1. The van der Waals surface area contributed by atoms with Gasteiger partial charge in [0.05, 0.1) is 0 Å². The van der Waals surface area contributed by atoms with Crippen molar-refractivity contribution in [2.45, 2.75) is 26.2 Å². The second kappa shape index (κ2) is 7.28. The van der Waals surface area contributed by atoms with Gasteiger partial charge in [0.1, 0.15) is 5.82 Å². The molecule has 0 amide bonds. The summed E-state index contributed by atoms with van der Waals surface area (Å²) >= 11 is 0. The molecule has 0 spiro atoms. The molecule has 5 heteroatoms. The van der Waals surface area contributed by atoms with Crippen LogP contribution < -0.4 is 10.6 Å². The van der Waals surface area contributed by atoms with Gasteiger partial charge in [0, 0.05) is 19.3 Å². The Hall–Kier alpha value is -1.36. The van der Waals surface area contributed by atoms with Gasteiger partial charge in [-0.2, -0.15) is 4.98 Å². The molecule has 1 aliphatic heterocycles. The van der Waals surface area contributed by atoms with Crippen LogP contribution in [0.3, 0.4) is 0 Å². The van der Waals surface area contributed by atoms with E-state index in [-0.39, 0.29) is 0 Å². The molecule has 0 aliphatic carbocycles. The second-order valence-corrected chi connectivity index (χ2v) is 5.32. The Kier molecular flexibility index (Phi) is 5.39. The Morgan fingerprint density at radius 1 is 1.32 bits per heavy atom. The molecular weight excluding hydrogens is 238 g/mol. The number of hydrogen-bond donors (Lipinski definition) is 2. The number of nitrogens with zero attached hydrogens (tertiary/aromatic N) is 3. The molecule has 1 fully saturated rings. The van der Waals surface area contributed by atoms with Gasteiger partial charge in [-0.05, 0) is 51.4 Å². The van der Waals surface area contributed by atoms with Crippen molar-refractivity contribution < 1.29 is 0 Å². The van der Waals surface area contributed by atoms with Gasteiger partial charge in [-0.1, -0.05) is 6.92 Å². The monoisotopic (exact) mass is 263 g/mol. The van der Waals surface area contributed by atoms with Crippen LogP contribution in [0, 0.1) is 5.92 Å². The molecule has 0 unspecified atom stereocenters. The van der Waals surface area contributed by atoms with E-state index in [9.17, 15) is 0 Å². The third-order valence-electron chi connectivity index (χ3n) is 3.60. The molecule has 19 heavy (non-hydrogen) atoms. The summed E-state index contributed by atoms with van der Waals surface area (Å²) in [5.74, 6) is 2.40. The Bertz CT molecular complexity index is 374. The first-order chi connectivity index (χ1) is 9.28. The van der Waals surface area contributed by atoms with Crippen molar-refractivity contribution in [1.29, 1.82) is 0 Å². The molecule has 2 N–H and O–H groups in total. The van der Waals surface area contributed by atoms with Crippen LogP contribution in [0.2, 0.25) is 0 Å². The Balaban J connectivity index is 1.78. The van der Waals surface area contributed by atoms with Crippen molar-refractivity contribution in [1.82, 2.24) is 14.9 Å². The third kappa shape index (κ3) is 4.67. The van der Waals surface area contributed by atoms with E-state index in [0.29, 0.717) is 0 Å². The van der Waals surface area contributed by atoms with E-state index >= 15 is 0 Å². The van der Waals surface area contributed by atoms with Gasteiger partial charge in [-0.25, -0.2) is 4.98 Å². The molecule has 0 saturated carbocycles. The molecule has 1 saturated heterocycles. The van der Waals surface area contributed by atoms with Crippen LogP contribution in [0.25, 0.3) is 0 Å². The second-order valence-electron chi connectivity index (χ2n) is 5.32. The van der Waals surface area contributed by atoms with Gasteiger partial charge in [0.15, 0.2) is 0 Å². The summed E-state index contributed by atoms with van der Waals surface area (Å²) < 4.78 is 0. The van der Waals surface area contributed by atoms with Crippen molar-refractivity contribution >= 4 is 11.8 Å². The Labute approximate surface area is 115 Å². The van der Waals surface area contributed by atoms with Gasteiger partial charge >= 0.3 is 0 Å². The summed E-state index contributed by atoms with van der Waals surface area (Å²) in [7, 11) is 2.19. The van der Waals surface area contributed by atoms with Crippen LogP contribution >= 0.6 is 0 Å². The molecule has 1 aliphatic rings. The van der Waals surface area contributed by atoms with E-state index in [2.05, 4.69) is 39.5 Å². The summed E-state index contributed by atoms with van der Waals surface area (Å²) in [5.41, 5.74) is 0. The molecular formula is C14H25N5. The van der Waals surface area contributed by atoms with Crippen molar-refractivity contribution in [3.63, 3.8) is 0 Å². The fraction of sp³-hybridized carbons (Fsp3) is 0.714. The van der Waals surface area contributed by atoms with Gasteiger partial charge in [-0.15, -0.1) is 0 Å². The summed E-state index contributed by atoms with van der Waals surface area (Å²) in [6.07, 6.45) is 5.43. The highest BCUT2D eigenvalue weighted by Gasteiger charge is 2.16. The molecule has 106 valence electrons. The largest absolute Gasteiger partial charge is 0.370 e. The molecule has 1 aromatic rings. The maximum atomic E-state index is 4.47. The van der Waals surface area contributed by atoms with Crippen LogP contribution in [0.1, 0.15) is 26.2 Å². The number of aromatic nitrogens is 2. The van der Waals surface area contributed by atoms with Crippen molar-refractivity contribution in [2.75, 3.05) is 43.9 Å². The Morgan fingerprint density at radius 3 is 2.84 bits per heavy atom. The molecule has 2 rings (SSSR count). The lowest BCUT2D eigenvalue weighted by atomic mass is 9.97. The molecule has 2 heterocycles. The van der Waals surface area contributed by atoms with E-state index in [1.165, 1.54) is 25.9 Å². The summed E-state index contributed by atoms with van der Waals surface area (Å²) in [6.45, 7) is 6.48. The topological polar surface area (TPSA) is 53.1 Å². The van der Waals surface area contributed by atoms with Gasteiger partial charge in [-0.3, -0.25) is 0 Å². The quantitative estimate of drug-likeness (QED) is 0.822. The van der Waals surface area contributed by atoms with Crippen molar-refractivity contribution in [3.05, 3.63) is 12.3 Å². The minimum Gasteiger partial charge on any atom is -0.370 e. The first-order valence-electron chi connectivity index (χ1n) is 7.27. The maximum absolute atomic E-state index is 4.47. The first-order valence-corrected chi connectivity index (χ1v) is 7.27. The number of piperidine rings is 1. The summed E-state index contributed by atoms with van der Waals surface area (Å²) in [6, 6.07) is 1.94. The smallest absolute Gasteiger partial charge is 0.224 e. The fourth-order valence-corrected chi connectivity index (χ4v) is 2.29. The maximum Gasteiger partial charge on any atom is 0.224 e. The lowest BCUT2D eigenvalue weighted by Gasteiger charge is -2.29. The molecule has 0 atom stereocenters. The van der Waals surface area contributed by atoms with Gasteiger partial charge in [0.2, 0.25) is 5.95 Å². The Morgan fingerprint density at radius 2 is 2.11 bits per heavy atom. The average Bonchev–Trinajstić information content (AvgIpc) is 2.45. The van der Waals surface area contributed by atoms with E-state index in [1.54, 1.807) is 0 Å². The normalized spacial score (nSPS) is 17.4. The van der Waals surface area contributed by atoms with Crippen LogP contribution in [0.4, 0.5) is 11.8 Å². The number of rotatable bonds is 6. The lowest BCUT2D eigenvalue weighted by molar-refractivity contribution is 0.226. The first kappa shape index (κ1) is 14.1. The van der Waals surface area contributed by atoms with Crippen LogP contribution in [-0.4, -0.2) is 48.1 Å². The number of hydrogen-bond acceptors (Lipinski definition) is 5. The third-order valence-corrected chi connectivity index (χ3v) is 3.60. The highest BCUT2D eigenvalue weighted by Crippen LogP contribution is 2.16. The minimum atomic E-state index is 0.718. The van der Waals surface area contributed by atoms with Crippen molar-refractivity contribution in [3.8, 4) is 0 Å². The zero-order chi connectivity index (χ0) is 13.5. The van der Waals surface area contributed by atoms with Crippen LogP contribution in [0.15, 0.2) is 12.3 Å². The number of nitrogens with one attached hydrogen (secondary N) is 2. The van der Waals surface area contributed by atoms with E-state index < -0.39 is 0 Å². The van der Waals surface area contributed by atoms with E-state index in [1.807, 2.05) is 12.3 Å². The SMILES string of the molecule is CCCNc1nccc(NCC2CCN(C)CC2)n1. The zero-order valence-electron chi connectivity index (χ0n) is 12.0. The minimum absolute atomic E-state index is 0.718. The molecule has 0 aromatic carbocycles. The highest BCUT2D eigenvalue weighted by atomic mass is 15.1. The molecule has 0 radical (unpaired) electrons. The molecule has 1 aromatic heterocycles. The fourth-order valence-electron chi connectivity index (χ4n) is 2.29. The molecule has 5 nitrogen and oxygen atoms in total. The predicted octanol–water partition coefficient (Wildman–Crippen LogP) is 2.05. The van der Waals surface area contributed by atoms with Gasteiger partial charge < -0.3 is 15.5 Å². The highest BCUT2D eigenvalue weighted by molar-refractivity contribution is 5.39. The van der Waals surface area contributed by atoms with Gasteiger partial charge in [0.25, 0.3) is 0 Å². The summed E-state index contributed by atoms with van der Waals surface area (Å²) in [5, 5.41) is 6.65. The summed E-state index contributed by atoms with van der Waals surface area (Å²) in [4.78, 5) is 11.1. The van der Waals surface area contributed by atoms with Crippen LogP contribution in [0.5, 0.6) is 0 Å². The standard InChI is InChI=1S/C14H25N5/c1-3-7-15-14-16-8-4-13(18-14)17-11-12-5-9-19(2)10-6-12/h4,8,12H,3,5-7,9-11H2,1-2H3,(H2,15,16,17,18). The van der Waals surface area contributed by atoms with Crippen molar-refractivity contribution in [2.24, 2.45) is 5.92 Å². The molecule has 0 bridgehead atoms. The average molecular weight is 263 g/mol. The number of anilines is 2. The zero-order valence-corrected chi connectivity index (χ0v) is 12.0. The lowest BCUT2D eigenvalue weighted by Crippen LogP contribution is -2.33. The van der Waals surface area contributed by atoms with Crippen LogP contribution in [-0.2, 0) is 0 Å². The van der Waals surface area contributed by atoms with E-state index in [0.717, 1.165) is 37.2 Å². The van der Waals surface area contributed by atoms with E-state index in [4.69, 9.17) is 0 Å².